The van der Waals surface area contributed by atoms with Crippen molar-refractivity contribution in [2.45, 2.75) is 6.92 Å². The van der Waals surface area contributed by atoms with Crippen molar-refractivity contribution in [2.75, 3.05) is 24.7 Å². The zero-order valence-electron chi connectivity index (χ0n) is 7.29. The van der Waals surface area contributed by atoms with Crippen molar-refractivity contribution in [2.24, 2.45) is 0 Å². The van der Waals surface area contributed by atoms with Crippen molar-refractivity contribution < 1.29 is 4.74 Å². The number of hydrogen-bond acceptors (Lipinski definition) is 4. The highest BCUT2D eigenvalue weighted by atomic mass is 16.5. The van der Waals surface area contributed by atoms with Gasteiger partial charge in [-0.1, -0.05) is 0 Å². The average molecular weight is 167 g/mol. The molecule has 0 aliphatic carbocycles. The van der Waals surface area contributed by atoms with Gasteiger partial charge in [-0.05, 0) is 13.0 Å². The fourth-order valence-corrected chi connectivity index (χ4v) is 0.961. The molecule has 0 unspecified atom stereocenters. The second-order valence-electron chi connectivity index (χ2n) is 2.31. The van der Waals surface area contributed by atoms with Gasteiger partial charge < -0.3 is 15.8 Å². The second-order valence-corrected chi connectivity index (χ2v) is 2.31. The topological polar surface area (TPSA) is 60.2 Å². The summed E-state index contributed by atoms with van der Waals surface area (Å²) in [7, 11) is 1.55. The summed E-state index contributed by atoms with van der Waals surface area (Å²) in [5.74, 6) is 0.466. The monoisotopic (exact) mass is 167 g/mol. The summed E-state index contributed by atoms with van der Waals surface area (Å²) in [6.45, 7) is 2.84. The van der Waals surface area contributed by atoms with E-state index in [0.29, 0.717) is 11.6 Å². The Morgan fingerprint density at radius 2 is 2.42 bits per heavy atom. The van der Waals surface area contributed by atoms with Crippen LogP contribution in [0.1, 0.15) is 6.92 Å². The van der Waals surface area contributed by atoms with Crippen LogP contribution in [0.3, 0.4) is 0 Å². The number of anilines is 2. The van der Waals surface area contributed by atoms with Crippen LogP contribution in [0.15, 0.2) is 12.3 Å². The molecular weight excluding hydrogens is 154 g/mol. The number of nitrogens with one attached hydrogen (secondary N) is 1. The van der Waals surface area contributed by atoms with Gasteiger partial charge in [-0.25, -0.2) is 4.98 Å². The molecule has 0 aliphatic heterocycles. The molecule has 0 aliphatic rings. The summed E-state index contributed by atoms with van der Waals surface area (Å²) < 4.78 is 4.96. The van der Waals surface area contributed by atoms with E-state index in [-0.39, 0.29) is 0 Å². The van der Waals surface area contributed by atoms with Crippen LogP contribution in [0.4, 0.5) is 11.4 Å². The lowest BCUT2D eigenvalue weighted by Crippen LogP contribution is -2.03. The summed E-state index contributed by atoms with van der Waals surface area (Å²) >= 11 is 0. The van der Waals surface area contributed by atoms with Crippen LogP contribution in [0.2, 0.25) is 0 Å². The Labute approximate surface area is 71.7 Å². The smallest absolute Gasteiger partial charge is 0.239 e. The molecule has 0 aromatic carbocycles. The first kappa shape index (κ1) is 8.64. The molecule has 4 nitrogen and oxygen atoms in total. The third kappa shape index (κ3) is 1.58. The molecule has 0 bridgehead atoms. The van der Waals surface area contributed by atoms with Gasteiger partial charge in [0.25, 0.3) is 0 Å². The highest BCUT2D eigenvalue weighted by Gasteiger charge is 2.04. The van der Waals surface area contributed by atoms with Crippen LogP contribution in [-0.2, 0) is 0 Å². The highest BCUT2D eigenvalue weighted by Crippen LogP contribution is 2.25. The van der Waals surface area contributed by atoms with Crippen molar-refractivity contribution in [1.29, 1.82) is 0 Å². The number of nitrogens with zero attached hydrogens (tertiary/aromatic N) is 1. The normalized spacial score (nSPS) is 9.50. The van der Waals surface area contributed by atoms with E-state index in [1.54, 1.807) is 13.3 Å². The largest absolute Gasteiger partial charge is 0.479 e. The predicted octanol–water partition coefficient (Wildman–Crippen LogP) is 1.10. The predicted molar refractivity (Wildman–Crippen MR) is 49.4 cm³/mol. The highest BCUT2D eigenvalue weighted by molar-refractivity contribution is 5.70. The van der Waals surface area contributed by atoms with Crippen molar-refractivity contribution in [3.63, 3.8) is 0 Å². The second kappa shape index (κ2) is 3.80. The fourth-order valence-electron chi connectivity index (χ4n) is 0.961. The van der Waals surface area contributed by atoms with Crippen molar-refractivity contribution in [3.8, 4) is 5.88 Å². The van der Waals surface area contributed by atoms with Crippen molar-refractivity contribution >= 4 is 11.4 Å². The van der Waals surface area contributed by atoms with E-state index in [1.807, 2.05) is 13.0 Å². The van der Waals surface area contributed by atoms with Crippen LogP contribution in [0.25, 0.3) is 0 Å². The molecule has 66 valence electrons. The third-order valence-electron chi connectivity index (χ3n) is 1.51. The molecule has 3 N–H and O–H groups in total. The van der Waals surface area contributed by atoms with E-state index in [4.69, 9.17) is 10.5 Å². The molecule has 1 rings (SSSR count). The van der Waals surface area contributed by atoms with Crippen molar-refractivity contribution in [3.05, 3.63) is 12.3 Å². The Morgan fingerprint density at radius 1 is 1.67 bits per heavy atom. The molecule has 0 amide bonds. The molecule has 0 atom stereocenters. The number of hydrogen-bond donors (Lipinski definition) is 2. The van der Waals surface area contributed by atoms with E-state index < -0.39 is 0 Å². The third-order valence-corrected chi connectivity index (χ3v) is 1.51. The number of ether oxygens (including phenoxy) is 1. The van der Waals surface area contributed by atoms with Crippen LogP contribution >= 0.6 is 0 Å². The van der Waals surface area contributed by atoms with Gasteiger partial charge in [0.15, 0.2) is 0 Å². The minimum atomic E-state index is 0.466. The van der Waals surface area contributed by atoms with Gasteiger partial charge in [0, 0.05) is 12.7 Å². The quantitative estimate of drug-likeness (QED) is 0.707. The Bertz CT molecular complexity index is 262. The first-order chi connectivity index (χ1) is 5.79. The number of methoxy groups -OCH3 is 1. The van der Waals surface area contributed by atoms with Crippen LogP contribution in [0, 0.1) is 0 Å². The van der Waals surface area contributed by atoms with E-state index in [9.17, 15) is 0 Å². The first-order valence-corrected chi connectivity index (χ1v) is 3.82. The summed E-state index contributed by atoms with van der Waals surface area (Å²) in [6, 6.07) is 1.82. The molecular formula is C8H13N3O. The van der Waals surface area contributed by atoms with Gasteiger partial charge in [-0.3, -0.25) is 0 Å². The maximum Gasteiger partial charge on any atom is 0.239 e. The van der Waals surface area contributed by atoms with Gasteiger partial charge in [0.2, 0.25) is 5.88 Å². The molecule has 0 saturated carbocycles. The van der Waals surface area contributed by atoms with Crippen LogP contribution in [-0.4, -0.2) is 18.6 Å². The lowest BCUT2D eigenvalue weighted by molar-refractivity contribution is 0.400. The minimum absolute atomic E-state index is 0.466. The van der Waals surface area contributed by atoms with E-state index >= 15 is 0 Å². The lowest BCUT2D eigenvalue weighted by Gasteiger charge is -2.08. The Kier molecular flexibility index (Phi) is 2.74. The lowest BCUT2D eigenvalue weighted by atomic mass is 10.3. The summed E-state index contributed by atoms with van der Waals surface area (Å²) in [4.78, 5) is 3.95. The average Bonchev–Trinajstić information content (AvgIpc) is 2.09. The molecule has 1 heterocycles. The summed E-state index contributed by atoms with van der Waals surface area (Å²) in [6.07, 6.45) is 1.66. The molecule has 1 aromatic rings. The minimum Gasteiger partial charge on any atom is -0.479 e. The standard InChI is InChI=1S/C8H13N3O/c1-3-10-6-4-5-11-8(12-2)7(6)9/h4-5H,3,9H2,1-2H3,(H,10,11). The molecule has 0 spiro atoms. The Morgan fingerprint density at radius 3 is 3.00 bits per heavy atom. The Hall–Kier alpha value is -1.45. The van der Waals surface area contributed by atoms with Gasteiger partial charge in [-0.15, -0.1) is 0 Å². The Balaban J connectivity index is 2.97. The van der Waals surface area contributed by atoms with E-state index in [1.165, 1.54) is 0 Å². The summed E-state index contributed by atoms with van der Waals surface area (Å²) in [5, 5.41) is 3.11. The van der Waals surface area contributed by atoms with Gasteiger partial charge in [-0.2, -0.15) is 0 Å². The first-order valence-electron chi connectivity index (χ1n) is 3.82. The molecule has 0 saturated heterocycles. The van der Waals surface area contributed by atoms with Gasteiger partial charge in [0.05, 0.1) is 12.8 Å². The van der Waals surface area contributed by atoms with Gasteiger partial charge >= 0.3 is 0 Å². The number of rotatable bonds is 3. The molecule has 4 heteroatoms. The number of aromatic nitrogens is 1. The number of pyridine rings is 1. The maximum absolute atomic E-state index is 5.73. The zero-order valence-corrected chi connectivity index (χ0v) is 7.29. The van der Waals surface area contributed by atoms with Crippen molar-refractivity contribution in [1.82, 2.24) is 4.98 Å². The maximum atomic E-state index is 5.73. The molecule has 1 aromatic heterocycles. The van der Waals surface area contributed by atoms with E-state index in [2.05, 4.69) is 10.3 Å². The number of nitrogen functional groups attached to an aromatic ring is 1. The molecule has 0 fully saturated rings. The van der Waals surface area contributed by atoms with Crippen LogP contribution in [0.5, 0.6) is 5.88 Å². The summed E-state index contributed by atoms with van der Waals surface area (Å²) in [5.41, 5.74) is 7.15. The zero-order chi connectivity index (χ0) is 8.97. The van der Waals surface area contributed by atoms with Crippen LogP contribution < -0.4 is 15.8 Å². The molecule has 0 radical (unpaired) electrons. The van der Waals surface area contributed by atoms with Gasteiger partial charge in [0.1, 0.15) is 5.69 Å². The van der Waals surface area contributed by atoms with E-state index in [0.717, 1.165) is 12.2 Å². The SMILES string of the molecule is CCNc1ccnc(OC)c1N. The number of nitrogens with two attached hydrogens (primary N) is 1. The fraction of sp³-hybridized carbons (Fsp3) is 0.375. The molecule has 12 heavy (non-hydrogen) atoms.